The van der Waals surface area contributed by atoms with E-state index in [4.69, 9.17) is 4.74 Å². The monoisotopic (exact) mass is 364 g/mol. The van der Waals surface area contributed by atoms with Gasteiger partial charge < -0.3 is 4.74 Å². The fraction of sp³-hybridized carbons (Fsp3) is 0.267. The molecular formula is C15H14BrFN4O. The molecule has 0 amide bonds. The molecule has 0 saturated carbocycles. The van der Waals surface area contributed by atoms with Crippen LogP contribution < -0.4 is 4.74 Å². The maximum atomic E-state index is 13.3. The normalized spacial score (nSPS) is 11.9. The van der Waals surface area contributed by atoms with Crippen molar-refractivity contribution in [1.29, 1.82) is 0 Å². The van der Waals surface area contributed by atoms with Crippen molar-refractivity contribution in [2.24, 2.45) is 0 Å². The van der Waals surface area contributed by atoms with Gasteiger partial charge in [0.1, 0.15) is 23.3 Å². The Morgan fingerprint density at radius 3 is 2.68 bits per heavy atom. The van der Waals surface area contributed by atoms with Gasteiger partial charge in [-0.3, -0.25) is 0 Å². The van der Waals surface area contributed by atoms with E-state index in [0.29, 0.717) is 27.1 Å². The lowest BCUT2D eigenvalue weighted by Gasteiger charge is -2.19. The second kappa shape index (κ2) is 5.31. The largest absolute Gasteiger partial charge is 0.438 e. The number of rotatable bonds is 2. The molecule has 22 heavy (non-hydrogen) atoms. The molecule has 3 aromatic rings. The van der Waals surface area contributed by atoms with Crippen LogP contribution >= 0.6 is 15.9 Å². The number of ether oxygens (including phenoxy) is 1. The molecule has 7 heteroatoms. The molecule has 0 unspecified atom stereocenters. The Morgan fingerprint density at radius 2 is 2.00 bits per heavy atom. The molecule has 2 heterocycles. The summed E-state index contributed by atoms with van der Waals surface area (Å²) >= 11 is 3.14. The summed E-state index contributed by atoms with van der Waals surface area (Å²) in [5.74, 6) is 0.525. The van der Waals surface area contributed by atoms with Crippen LogP contribution in [0.25, 0.3) is 11.0 Å². The first kappa shape index (κ1) is 14.9. The van der Waals surface area contributed by atoms with E-state index in [1.54, 1.807) is 18.3 Å². The molecule has 5 nitrogen and oxygen atoms in total. The molecule has 0 aliphatic heterocycles. The molecule has 3 rings (SSSR count). The Bertz CT molecular complexity index is 841. The van der Waals surface area contributed by atoms with Gasteiger partial charge >= 0.3 is 0 Å². The molecule has 0 radical (unpaired) electrons. The van der Waals surface area contributed by atoms with E-state index < -0.39 is 0 Å². The van der Waals surface area contributed by atoms with Gasteiger partial charge in [-0.2, -0.15) is 5.10 Å². The molecular weight excluding hydrogens is 351 g/mol. The smallest absolute Gasteiger partial charge is 0.233 e. The zero-order chi connectivity index (χ0) is 15.9. The fourth-order valence-electron chi connectivity index (χ4n) is 2.05. The van der Waals surface area contributed by atoms with E-state index in [2.05, 4.69) is 31.0 Å². The van der Waals surface area contributed by atoms with Crippen LogP contribution in [0.2, 0.25) is 0 Å². The Balaban J connectivity index is 2.04. The number of nitrogens with zero attached hydrogens (tertiary/aromatic N) is 4. The summed E-state index contributed by atoms with van der Waals surface area (Å²) in [6.45, 7) is 6.12. The van der Waals surface area contributed by atoms with Crippen molar-refractivity contribution < 1.29 is 9.13 Å². The van der Waals surface area contributed by atoms with Crippen LogP contribution in [0.5, 0.6) is 11.6 Å². The zero-order valence-electron chi connectivity index (χ0n) is 12.3. The van der Waals surface area contributed by atoms with Crippen molar-refractivity contribution in [3.8, 4) is 11.6 Å². The maximum Gasteiger partial charge on any atom is 0.233 e. The van der Waals surface area contributed by atoms with Crippen molar-refractivity contribution in [3.63, 3.8) is 0 Å². The summed E-state index contributed by atoms with van der Waals surface area (Å²) in [6.07, 6.45) is 3.11. The second-order valence-corrected chi connectivity index (χ2v) is 6.68. The first-order chi connectivity index (χ1) is 10.4. The second-order valence-electron chi connectivity index (χ2n) is 5.82. The van der Waals surface area contributed by atoms with Crippen LogP contribution in [0.1, 0.15) is 20.8 Å². The van der Waals surface area contributed by atoms with Crippen molar-refractivity contribution in [3.05, 3.63) is 41.0 Å². The first-order valence-corrected chi connectivity index (χ1v) is 7.47. The van der Waals surface area contributed by atoms with E-state index >= 15 is 0 Å². The predicted molar refractivity (Wildman–Crippen MR) is 84.5 cm³/mol. The van der Waals surface area contributed by atoms with E-state index in [1.807, 2.05) is 25.5 Å². The molecule has 0 atom stereocenters. The van der Waals surface area contributed by atoms with Crippen LogP contribution in [-0.2, 0) is 5.54 Å². The average molecular weight is 365 g/mol. The minimum Gasteiger partial charge on any atom is -0.438 e. The molecule has 0 saturated heterocycles. The van der Waals surface area contributed by atoms with Gasteiger partial charge in [0, 0.05) is 0 Å². The van der Waals surface area contributed by atoms with Gasteiger partial charge in [0.2, 0.25) is 5.88 Å². The highest BCUT2D eigenvalue weighted by Crippen LogP contribution is 2.30. The number of fused-ring (bicyclic) bond motifs is 1. The predicted octanol–water partition coefficient (Wildman–Crippen LogP) is 4.28. The van der Waals surface area contributed by atoms with Crippen LogP contribution in [0.15, 0.2) is 35.2 Å². The van der Waals surface area contributed by atoms with Crippen molar-refractivity contribution >= 4 is 27.0 Å². The van der Waals surface area contributed by atoms with Gasteiger partial charge in [0.05, 0.1) is 16.2 Å². The van der Waals surface area contributed by atoms with Crippen molar-refractivity contribution in [1.82, 2.24) is 19.7 Å². The molecule has 0 N–H and O–H groups in total. The van der Waals surface area contributed by atoms with Crippen LogP contribution in [0.3, 0.4) is 0 Å². The molecule has 0 spiro atoms. The molecule has 0 aliphatic rings. The lowest BCUT2D eigenvalue weighted by Crippen LogP contribution is -2.23. The first-order valence-electron chi connectivity index (χ1n) is 6.68. The number of hydrogen-bond acceptors (Lipinski definition) is 4. The highest BCUT2D eigenvalue weighted by molar-refractivity contribution is 9.10. The summed E-state index contributed by atoms with van der Waals surface area (Å²) in [4.78, 5) is 8.44. The Kier molecular flexibility index (Phi) is 3.60. The number of halogens is 2. The van der Waals surface area contributed by atoms with E-state index in [-0.39, 0.29) is 11.4 Å². The van der Waals surface area contributed by atoms with Gasteiger partial charge in [-0.05, 0) is 54.9 Å². The Labute approximate surface area is 135 Å². The summed E-state index contributed by atoms with van der Waals surface area (Å²) in [5.41, 5.74) is 0.491. The number of hydrogen-bond donors (Lipinski definition) is 0. The minimum absolute atomic E-state index is 0.202. The van der Waals surface area contributed by atoms with Crippen LogP contribution in [0.4, 0.5) is 4.39 Å². The third-order valence-corrected chi connectivity index (χ3v) is 3.68. The van der Waals surface area contributed by atoms with E-state index in [9.17, 15) is 4.39 Å². The van der Waals surface area contributed by atoms with E-state index in [1.165, 1.54) is 12.4 Å². The van der Waals surface area contributed by atoms with Crippen LogP contribution in [0, 0.1) is 5.82 Å². The average Bonchev–Trinajstić information content (AvgIpc) is 2.88. The topological polar surface area (TPSA) is 52.8 Å². The third-order valence-electron chi connectivity index (χ3n) is 3.07. The summed E-state index contributed by atoms with van der Waals surface area (Å²) in [6, 6.07) is 4.43. The molecule has 0 bridgehead atoms. The Hall–Kier alpha value is -2.02. The molecule has 0 aliphatic carbocycles. The lowest BCUT2D eigenvalue weighted by atomic mass is 10.1. The van der Waals surface area contributed by atoms with Crippen molar-refractivity contribution in [2.75, 3.05) is 0 Å². The number of aromatic nitrogens is 4. The number of benzene rings is 1. The highest BCUT2D eigenvalue weighted by atomic mass is 79.9. The lowest BCUT2D eigenvalue weighted by molar-refractivity contribution is 0.365. The SMILES string of the molecule is CC(C)(C)n1ncc2c(Oc3ccc(F)c(Br)c3)ncnc21. The van der Waals surface area contributed by atoms with Gasteiger partial charge in [0.25, 0.3) is 0 Å². The molecule has 1 aromatic carbocycles. The van der Waals surface area contributed by atoms with Gasteiger partial charge in [-0.25, -0.2) is 19.0 Å². The molecule has 114 valence electrons. The zero-order valence-corrected chi connectivity index (χ0v) is 13.9. The van der Waals surface area contributed by atoms with Gasteiger partial charge in [-0.1, -0.05) is 0 Å². The van der Waals surface area contributed by atoms with E-state index in [0.717, 1.165) is 0 Å². The van der Waals surface area contributed by atoms with Crippen LogP contribution in [-0.4, -0.2) is 19.7 Å². The standard InChI is InChI=1S/C15H14BrFN4O/c1-15(2,3)21-13-10(7-20-21)14(19-8-18-13)22-9-4-5-12(17)11(16)6-9/h4-8H,1-3H3. The quantitative estimate of drug-likeness (QED) is 0.681. The van der Waals surface area contributed by atoms with Gasteiger partial charge in [-0.15, -0.1) is 0 Å². The summed E-state index contributed by atoms with van der Waals surface area (Å²) in [5, 5.41) is 5.07. The molecule has 0 fully saturated rings. The third kappa shape index (κ3) is 2.68. The summed E-state index contributed by atoms with van der Waals surface area (Å²) < 4.78 is 21.2. The highest BCUT2D eigenvalue weighted by Gasteiger charge is 2.20. The fourth-order valence-corrected chi connectivity index (χ4v) is 2.40. The summed E-state index contributed by atoms with van der Waals surface area (Å²) in [7, 11) is 0. The minimum atomic E-state index is -0.347. The van der Waals surface area contributed by atoms with Crippen molar-refractivity contribution in [2.45, 2.75) is 26.3 Å². The Morgan fingerprint density at radius 1 is 1.23 bits per heavy atom. The maximum absolute atomic E-state index is 13.3. The molecule has 2 aromatic heterocycles. The van der Waals surface area contributed by atoms with Gasteiger partial charge in [0.15, 0.2) is 5.65 Å².